The van der Waals surface area contributed by atoms with E-state index in [0.29, 0.717) is 13.0 Å². The van der Waals surface area contributed by atoms with Crippen LogP contribution >= 0.6 is 0 Å². The van der Waals surface area contributed by atoms with E-state index < -0.39 is 23.8 Å². The van der Waals surface area contributed by atoms with E-state index in [1.807, 2.05) is 6.07 Å². The van der Waals surface area contributed by atoms with Crippen molar-refractivity contribution in [1.82, 2.24) is 4.90 Å². The molecule has 0 aliphatic carbocycles. The van der Waals surface area contributed by atoms with Crippen LogP contribution in [0.4, 0.5) is 14.9 Å². The number of fused-ring (bicyclic) bond motifs is 1. The Bertz CT molecular complexity index is 732. The van der Waals surface area contributed by atoms with Gasteiger partial charge in [-0.15, -0.1) is 0 Å². The second-order valence-electron chi connectivity index (χ2n) is 5.67. The highest BCUT2D eigenvalue weighted by Gasteiger charge is 2.47. The molecule has 0 radical (unpaired) electrons. The molecular formula is C17H16FN3O3. The Balaban J connectivity index is 2.02. The van der Waals surface area contributed by atoms with Gasteiger partial charge in [-0.25, -0.2) is 14.1 Å². The summed E-state index contributed by atoms with van der Waals surface area (Å²) in [4.78, 5) is 27.4. The van der Waals surface area contributed by atoms with Crippen LogP contribution in [-0.2, 0) is 4.79 Å². The molecule has 7 heteroatoms. The van der Waals surface area contributed by atoms with Gasteiger partial charge in [0.05, 0.1) is 11.3 Å². The second-order valence-corrected chi connectivity index (χ2v) is 5.67. The molecule has 1 aromatic rings. The van der Waals surface area contributed by atoms with E-state index in [-0.39, 0.29) is 23.6 Å². The molecule has 0 spiro atoms. The molecule has 6 nitrogen and oxygen atoms in total. The lowest BCUT2D eigenvalue weighted by Gasteiger charge is -2.26. The summed E-state index contributed by atoms with van der Waals surface area (Å²) in [6.45, 7) is 4.13. The van der Waals surface area contributed by atoms with Crippen LogP contribution in [0.5, 0.6) is 5.75 Å². The number of benzene rings is 1. The number of carbonyl (C=O) groups is 2. The van der Waals surface area contributed by atoms with Crippen molar-refractivity contribution in [1.29, 1.82) is 5.26 Å². The number of rotatable bonds is 4. The first-order valence-corrected chi connectivity index (χ1v) is 7.70. The number of hydrogen-bond donors (Lipinski definition) is 0. The Kier molecular flexibility index (Phi) is 4.21. The van der Waals surface area contributed by atoms with Crippen molar-refractivity contribution in [3.63, 3.8) is 0 Å². The van der Waals surface area contributed by atoms with E-state index in [4.69, 9.17) is 10.00 Å². The molecule has 24 heavy (non-hydrogen) atoms. The zero-order chi connectivity index (χ0) is 17.3. The first-order valence-electron chi connectivity index (χ1n) is 7.70. The van der Waals surface area contributed by atoms with Crippen molar-refractivity contribution >= 4 is 17.6 Å². The largest absolute Gasteiger partial charge is 0.488 e. The van der Waals surface area contributed by atoms with Crippen molar-refractivity contribution in [3.05, 3.63) is 36.2 Å². The van der Waals surface area contributed by atoms with Gasteiger partial charge in [-0.3, -0.25) is 4.79 Å². The third kappa shape index (κ3) is 2.50. The maximum Gasteiger partial charge on any atom is 0.332 e. The lowest BCUT2D eigenvalue weighted by Crippen LogP contribution is -2.39. The normalized spacial score (nSPS) is 19.9. The Morgan fingerprint density at radius 2 is 2.21 bits per heavy atom. The van der Waals surface area contributed by atoms with Crippen LogP contribution < -0.4 is 9.64 Å². The maximum absolute atomic E-state index is 14.4. The number of imide groups is 1. The Hall–Kier alpha value is -2.88. The van der Waals surface area contributed by atoms with Gasteiger partial charge in [-0.05, 0) is 25.3 Å². The lowest BCUT2D eigenvalue weighted by molar-refractivity contribution is -0.120. The van der Waals surface area contributed by atoms with Gasteiger partial charge in [-0.1, -0.05) is 12.7 Å². The SMILES string of the molecule is C=CCOc1cc(N2C(=O)C3CCCCN3C2=O)c(F)cc1C#N. The molecule has 3 amide bonds. The maximum atomic E-state index is 14.4. The summed E-state index contributed by atoms with van der Waals surface area (Å²) in [5.41, 5.74) is -0.188. The Morgan fingerprint density at radius 3 is 2.88 bits per heavy atom. The zero-order valence-electron chi connectivity index (χ0n) is 13.0. The number of ether oxygens (including phenoxy) is 1. The average Bonchev–Trinajstić information content (AvgIpc) is 2.85. The molecule has 0 N–H and O–H groups in total. The third-order valence-electron chi connectivity index (χ3n) is 4.21. The molecule has 2 saturated heterocycles. The molecule has 124 valence electrons. The van der Waals surface area contributed by atoms with Crippen LogP contribution in [-0.4, -0.2) is 36.0 Å². The smallest absolute Gasteiger partial charge is 0.332 e. The van der Waals surface area contributed by atoms with Crippen molar-refractivity contribution in [3.8, 4) is 11.8 Å². The summed E-state index contributed by atoms with van der Waals surface area (Å²) in [5, 5.41) is 9.09. The first-order chi connectivity index (χ1) is 11.6. The molecule has 1 atom stereocenters. The quantitative estimate of drug-likeness (QED) is 0.628. The number of amides is 3. The highest BCUT2D eigenvalue weighted by Crippen LogP contribution is 2.35. The summed E-state index contributed by atoms with van der Waals surface area (Å²) in [6, 6.07) is 2.99. The number of carbonyl (C=O) groups excluding carboxylic acids is 2. The van der Waals surface area contributed by atoms with Crippen molar-refractivity contribution in [2.24, 2.45) is 0 Å². The summed E-state index contributed by atoms with van der Waals surface area (Å²) < 4.78 is 19.8. The first kappa shape index (κ1) is 16.0. The fraction of sp³-hybridized carbons (Fsp3) is 0.353. The molecular weight excluding hydrogens is 313 g/mol. The topological polar surface area (TPSA) is 73.6 Å². The van der Waals surface area contributed by atoms with Crippen LogP contribution in [0, 0.1) is 17.1 Å². The van der Waals surface area contributed by atoms with Crippen LogP contribution in [0.2, 0.25) is 0 Å². The van der Waals surface area contributed by atoms with E-state index in [0.717, 1.165) is 23.8 Å². The minimum Gasteiger partial charge on any atom is -0.488 e. The zero-order valence-corrected chi connectivity index (χ0v) is 13.0. The average molecular weight is 329 g/mol. The Morgan fingerprint density at radius 1 is 1.42 bits per heavy atom. The van der Waals surface area contributed by atoms with Gasteiger partial charge < -0.3 is 9.64 Å². The van der Waals surface area contributed by atoms with Gasteiger partial charge in [0.25, 0.3) is 5.91 Å². The van der Waals surface area contributed by atoms with E-state index >= 15 is 0 Å². The molecule has 2 aliphatic heterocycles. The van der Waals surface area contributed by atoms with Crippen molar-refractivity contribution in [2.75, 3.05) is 18.1 Å². The molecule has 2 aliphatic rings. The number of halogens is 1. The van der Waals surface area contributed by atoms with Gasteiger partial charge in [0.15, 0.2) is 0 Å². The number of nitriles is 1. The van der Waals surface area contributed by atoms with Crippen molar-refractivity contribution < 1.29 is 18.7 Å². The van der Waals surface area contributed by atoms with Crippen LogP contribution in [0.25, 0.3) is 0 Å². The number of anilines is 1. The van der Waals surface area contributed by atoms with E-state index in [1.54, 1.807) is 0 Å². The van der Waals surface area contributed by atoms with Gasteiger partial charge >= 0.3 is 6.03 Å². The fourth-order valence-corrected chi connectivity index (χ4v) is 3.08. The second kappa shape index (κ2) is 6.32. The predicted molar refractivity (Wildman–Crippen MR) is 84.0 cm³/mol. The Labute approximate surface area is 138 Å². The predicted octanol–water partition coefficient (Wildman–Crippen LogP) is 2.58. The van der Waals surface area contributed by atoms with Gasteiger partial charge in [0.1, 0.15) is 30.3 Å². The van der Waals surface area contributed by atoms with E-state index in [2.05, 4.69) is 6.58 Å². The summed E-state index contributed by atoms with van der Waals surface area (Å²) in [6.07, 6.45) is 3.75. The molecule has 2 heterocycles. The number of urea groups is 1. The molecule has 1 aromatic carbocycles. The van der Waals surface area contributed by atoms with Crippen LogP contribution in [0.3, 0.4) is 0 Å². The summed E-state index contributed by atoms with van der Waals surface area (Å²) in [5.74, 6) is -1.13. The minimum atomic E-state index is -0.806. The number of hydrogen-bond acceptors (Lipinski definition) is 4. The van der Waals surface area contributed by atoms with Crippen molar-refractivity contribution in [2.45, 2.75) is 25.3 Å². The van der Waals surface area contributed by atoms with Crippen LogP contribution in [0.1, 0.15) is 24.8 Å². The third-order valence-corrected chi connectivity index (χ3v) is 4.21. The summed E-state index contributed by atoms with van der Waals surface area (Å²) >= 11 is 0. The number of piperidine rings is 1. The van der Waals surface area contributed by atoms with Gasteiger partial charge in [0, 0.05) is 12.6 Å². The fourth-order valence-electron chi connectivity index (χ4n) is 3.08. The van der Waals surface area contributed by atoms with Crippen LogP contribution in [0.15, 0.2) is 24.8 Å². The molecule has 0 bridgehead atoms. The highest BCUT2D eigenvalue weighted by atomic mass is 19.1. The molecule has 3 rings (SSSR count). The van der Waals surface area contributed by atoms with Gasteiger partial charge in [0.2, 0.25) is 0 Å². The molecule has 2 fully saturated rings. The number of nitrogens with zero attached hydrogens (tertiary/aromatic N) is 3. The minimum absolute atomic E-state index is 0.00471. The monoisotopic (exact) mass is 329 g/mol. The van der Waals surface area contributed by atoms with E-state index in [9.17, 15) is 14.0 Å². The van der Waals surface area contributed by atoms with E-state index in [1.165, 1.54) is 17.0 Å². The highest BCUT2D eigenvalue weighted by molar-refractivity contribution is 6.21. The molecule has 1 unspecified atom stereocenters. The lowest BCUT2D eigenvalue weighted by atomic mass is 10.0. The summed E-state index contributed by atoms with van der Waals surface area (Å²) in [7, 11) is 0. The molecule has 0 saturated carbocycles. The molecule has 0 aromatic heterocycles. The standard InChI is InChI=1S/C17H16FN3O3/c1-2-7-24-15-9-14(12(18)8-11(15)10-19)21-16(22)13-5-3-4-6-20(13)17(21)23/h2,8-9,13H,1,3-7H2. The van der Waals surface area contributed by atoms with Gasteiger partial charge in [-0.2, -0.15) is 5.26 Å².